The van der Waals surface area contributed by atoms with Crippen molar-refractivity contribution in [2.24, 2.45) is 0 Å². The smallest absolute Gasteiger partial charge is 0.283 e. The Morgan fingerprint density at radius 2 is 1.96 bits per heavy atom. The molecule has 0 saturated carbocycles. The molecule has 2 rings (SSSR count). The van der Waals surface area contributed by atoms with Crippen molar-refractivity contribution in [1.82, 2.24) is 0 Å². The monoisotopic (exact) mass is 416 g/mol. The predicted molar refractivity (Wildman–Crippen MR) is 104 cm³/mol. The zero-order valence-corrected chi connectivity index (χ0v) is 16.7. The number of thiol groups is 1. The lowest BCUT2D eigenvalue weighted by Crippen LogP contribution is -2.18. The molecule has 0 spiro atoms. The van der Waals surface area contributed by atoms with E-state index in [1.165, 1.54) is 46.7 Å². The molecule has 27 heavy (non-hydrogen) atoms. The number of benzene rings is 2. The van der Waals surface area contributed by atoms with Crippen LogP contribution in [-0.2, 0) is 26.1 Å². The summed E-state index contributed by atoms with van der Waals surface area (Å²) in [5, 5.41) is 2.61. The molecule has 0 aliphatic heterocycles. The maximum atomic E-state index is 13.6. The van der Waals surface area contributed by atoms with Gasteiger partial charge < -0.3 is 10.1 Å². The number of hydrogen-bond donors (Lipinski definition) is 2. The molecule has 0 saturated heterocycles. The number of amides is 1. The van der Waals surface area contributed by atoms with Gasteiger partial charge in [-0.2, -0.15) is 8.78 Å². The van der Waals surface area contributed by atoms with Gasteiger partial charge in [0.25, 0.3) is 5.66 Å². The number of nitrogens with one attached hydrogen (secondary N) is 1. The van der Waals surface area contributed by atoms with Crippen molar-refractivity contribution in [2.75, 3.05) is 23.3 Å². The first kappa shape index (κ1) is 21.2. The largest absolute Gasteiger partial charge is 0.375 e. The van der Waals surface area contributed by atoms with Crippen molar-refractivity contribution in [3.8, 4) is 0 Å². The van der Waals surface area contributed by atoms with E-state index in [1.54, 1.807) is 13.0 Å². The third-order valence-electron chi connectivity index (χ3n) is 3.62. The van der Waals surface area contributed by atoms with E-state index in [2.05, 4.69) is 5.32 Å². The molecule has 10 heteroatoms. The van der Waals surface area contributed by atoms with Crippen LogP contribution < -0.4 is 9.62 Å². The SMILES string of the molecule is COCC(=O)Nc1ccc(N(c2cccc(C(F)(F)P)c2)[SH](=O)=O)c(C)c1. The Morgan fingerprint density at radius 3 is 2.52 bits per heavy atom. The van der Waals surface area contributed by atoms with Crippen LogP contribution in [0.15, 0.2) is 42.5 Å². The number of rotatable bonds is 7. The molecule has 1 atom stereocenters. The second kappa shape index (κ2) is 8.73. The van der Waals surface area contributed by atoms with Gasteiger partial charge in [-0.05, 0) is 42.8 Å². The first-order valence-corrected chi connectivity index (χ1v) is 9.45. The minimum absolute atomic E-state index is 0.0880. The predicted octanol–water partition coefficient (Wildman–Crippen LogP) is 3.17. The highest BCUT2D eigenvalue weighted by Crippen LogP contribution is 2.38. The number of anilines is 3. The molecule has 1 N–H and O–H groups in total. The van der Waals surface area contributed by atoms with Crippen LogP contribution in [0.2, 0.25) is 0 Å². The topological polar surface area (TPSA) is 75.7 Å². The zero-order chi connectivity index (χ0) is 20.2. The molecule has 0 aliphatic carbocycles. The standard InChI is InChI=1S/C17H19F2N2O4PS/c1-11-8-13(20-16(22)10-25-2)6-7-15(11)21(27(23)24)14-5-3-4-12(9-14)17(18,19)26/h3-9,27H,10,26H2,1-2H3,(H,20,22). The Kier molecular flexibility index (Phi) is 6.86. The zero-order valence-electron chi connectivity index (χ0n) is 14.6. The summed E-state index contributed by atoms with van der Waals surface area (Å²) >= 11 is 0. The second-order valence-corrected chi connectivity index (χ2v) is 7.31. The van der Waals surface area contributed by atoms with Gasteiger partial charge in [-0.1, -0.05) is 21.4 Å². The normalized spacial score (nSPS) is 11.5. The van der Waals surface area contributed by atoms with E-state index in [0.29, 0.717) is 16.9 Å². The van der Waals surface area contributed by atoms with E-state index in [0.717, 1.165) is 10.4 Å². The Balaban J connectivity index is 2.42. The molecule has 0 heterocycles. The number of aryl methyl sites for hydroxylation is 1. The molecule has 0 aliphatic rings. The van der Waals surface area contributed by atoms with E-state index < -0.39 is 16.6 Å². The maximum Gasteiger partial charge on any atom is 0.283 e. The Morgan fingerprint density at radius 1 is 1.26 bits per heavy atom. The van der Waals surface area contributed by atoms with E-state index in [-0.39, 0.29) is 23.8 Å². The third-order valence-corrected chi connectivity index (χ3v) is 4.73. The number of carbonyl (C=O) groups excluding carboxylic acids is 1. The molecule has 6 nitrogen and oxygen atoms in total. The summed E-state index contributed by atoms with van der Waals surface area (Å²) in [6.45, 7) is 1.54. The molecule has 2 aromatic carbocycles. The summed E-state index contributed by atoms with van der Waals surface area (Å²) in [7, 11) is -0.323. The first-order chi connectivity index (χ1) is 12.6. The highest BCUT2D eigenvalue weighted by atomic mass is 32.2. The van der Waals surface area contributed by atoms with E-state index in [4.69, 9.17) is 4.74 Å². The summed E-state index contributed by atoms with van der Waals surface area (Å²) in [4.78, 5) is 11.6. The quantitative estimate of drug-likeness (QED) is 0.537. The highest BCUT2D eigenvalue weighted by Gasteiger charge is 2.26. The lowest BCUT2D eigenvalue weighted by atomic mass is 10.1. The van der Waals surface area contributed by atoms with Gasteiger partial charge in [0, 0.05) is 18.4 Å². The average Bonchev–Trinajstić information content (AvgIpc) is 2.56. The van der Waals surface area contributed by atoms with Gasteiger partial charge in [0.1, 0.15) is 6.61 Å². The van der Waals surface area contributed by atoms with Gasteiger partial charge in [-0.3, -0.25) is 4.79 Å². The van der Waals surface area contributed by atoms with Crippen molar-refractivity contribution < 1.29 is 26.7 Å². The van der Waals surface area contributed by atoms with Crippen molar-refractivity contribution in [1.29, 1.82) is 0 Å². The first-order valence-electron chi connectivity index (χ1n) is 7.74. The molecule has 0 fully saturated rings. The van der Waals surface area contributed by atoms with Crippen molar-refractivity contribution in [3.63, 3.8) is 0 Å². The molecular formula is C17H19F2N2O4PS. The fourth-order valence-electron chi connectivity index (χ4n) is 2.47. The lowest BCUT2D eigenvalue weighted by Gasteiger charge is -2.22. The molecule has 0 aromatic heterocycles. The van der Waals surface area contributed by atoms with Gasteiger partial charge in [0.15, 0.2) is 0 Å². The van der Waals surface area contributed by atoms with E-state index in [9.17, 15) is 22.0 Å². The van der Waals surface area contributed by atoms with Gasteiger partial charge in [0.2, 0.25) is 16.8 Å². The summed E-state index contributed by atoms with van der Waals surface area (Å²) < 4.78 is 56.5. The third kappa shape index (κ3) is 5.45. The van der Waals surface area contributed by atoms with Gasteiger partial charge >= 0.3 is 0 Å². The number of hydrogen-bond acceptors (Lipinski definition) is 4. The molecule has 0 radical (unpaired) electrons. The van der Waals surface area contributed by atoms with Crippen LogP contribution in [0.5, 0.6) is 0 Å². The van der Waals surface area contributed by atoms with E-state index in [1.807, 2.05) is 0 Å². The Bertz CT molecular complexity index is 908. The van der Waals surface area contributed by atoms with Crippen LogP contribution in [-0.4, -0.2) is 28.0 Å². The second-order valence-electron chi connectivity index (χ2n) is 5.71. The van der Waals surface area contributed by atoms with Crippen molar-refractivity contribution in [2.45, 2.75) is 12.6 Å². The molecule has 146 valence electrons. The minimum atomic E-state index is -3.18. The molecule has 1 unspecified atom stereocenters. The summed E-state index contributed by atoms with van der Waals surface area (Å²) in [5.41, 5.74) is -2.13. The number of ether oxygens (including phenoxy) is 1. The van der Waals surface area contributed by atoms with E-state index >= 15 is 0 Å². The van der Waals surface area contributed by atoms with Gasteiger partial charge in [0.05, 0.1) is 11.4 Å². The van der Waals surface area contributed by atoms with Crippen LogP contribution in [0.1, 0.15) is 11.1 Å². The molecular weight excluding hydrogens is 397 g/mol. The fourth-order valence-corrected chi connectivity index (χ4v) is 3.36. The summed E-state index contributed by atoms with van der Waals surface area (Å²) in [5.74, 6) is -0.355. The molecule has 1 amide bonds. The number of carbonyl (C=O) groups is 1. The van der Waals surface area contributed by atoms with Crippen LogP contribution in [0.4, 0.5) is 25.8 Å². The molecule has 2 aromatic rings. The minimum Gasteiger partial charge on any atom is -0.375 e. The van der Waals surface area contributed by atoms with Crippen LogP contribution >= 0.6 is 9.24 Å². The summed E-state index contributed by atoms with van der Waals surface area (Å²) in [6.07, 6.45) is 0. The Labute approximate surface area is 159 Å². The van der Waals surface area contributed by atoms with Gasteiger partial charge in [-0.25, -0.2) is 12.7 Å². The summed E-state index contributed by atoms with van der Waals surface area (Å²) in [6, 6.07) is 9.73. The number of methoxy groups -OCH3 is 1. The lowest BCUT2D eigenvalue weighted by molar-refractivity contribution is -0.119. The average molecular weight is 416 g/mol. The molecule has 0 bridgehead atoms. The van der Waals surface area contributed by atoms with Crippen molar-refractivity contribution in [3.05, 3.63) is 53.6 Å². The van der Waals surface area contributed by atoms with Crippen molar-refractivity contribution >= 4 is 43.1 Å². The number of alkyl halides is 2. The van der Waals surface area contributed by atoms with Gasteiger partial charge in [-0.15, -0.1) is 0 Å². The van der Waals surface area contributed by atoms with Crippen LogP contribution in [0, 0.1) is 6.92 Å². The Hall–Kier alpha value is -2.09. The number of halogens is 2. The van der Waals surface area contributed by atoms with Crippen LogP contribution in [0.3, 0.4) is 0 Å². The maximum absolute atomic E-state index is 13.6. The number of nitrogens with zero attached hydrogens (tertiary/aromatic N) is 1. The van der Waals surface area contributed by atoms with Crippen LogP contribution in [0.25, 0.3) is 0 Å². The fraction of sp³-hybridized carbons (Fsp3) is 0.235. The highest BCUT2D eigenvalue weighted by molar-refractivity contribution is 7.74.